The summed E-state index contributed by atoms with van der Waals surface area (Å²) < 4.78 is 10.7. The molecule has 7 heteroatoms. The summed E-state index contributed by atoms with van der Waals surface area (Å²) in [6.07, 6.45) is 0.698. The fourth-order valence-corrected chi connectivity index (χ4v) is 4.36. The van der Waals surface area contributed by atoms with Crippen LogP contribution in [0.25, 0.3) is 0 Å². The number of nitrogens with zero attached hydrogens (tertiary/aromatic N) is 1. The lowest BCUT2D eigenvalue weighted by molar-refractivity contribution is 0.0734. The van der Waals surface area contributed by atoms with E-state index >= 15 is 0 Å². The summed E-state index contributed by atoms with van der Waals surface area (Å²) in [5, 5.41) is 6.44. The third-order valence-electron chi connectivity index (χ3n) is 6.35. The van der Waals surface area contributed by atoms with E-state index in [2.05, 4.69) is 24.5 Å². The van der Waals surface area contributed by atoms with Crippen LogP contribution in [0.3, 0.4) is 0 Å². The third-order valence-corrected chi connectivity index (χ3v) is 6.35. The summed E-state index contributed by atoms with van der Waals surface area (Å²) in [6.45, 7) is 5.62. The van der Waals surface area contributed by atoms with Gasteiger partial charge in [-0.25, -0.2) is 0 Å². The Kier molecular flexibility index (Phi) is 6.31. The van der Waals surface area contributed by atoms with Crippen molar-refractivity contribution in [3.05, 3.63) is 89.0 Å². The van der Waals surface area contributed by atoms with Gasteiger partial charge in [0, 0.05) is 35.5 Å². The third kappa shape index (κ3) is 4.80. The number of ether oxygens (including phenoxy) is 2. The number of nitrogens with one attached hydrogen (secondary N) is 2. The lowest BCUT2D eigenvalue weighted by atomic mass is 10.1. The molecule has 0 fully saturated rings. The second-order valence-corrected chi connectivity index (χ2v) is 9.26. The number of hydrogen-bond donors (Lipinski definition) is 2. The average molecular weight is 472 g/mol. The zero-order chi connectivity index (χ0) is 24.4. The molecule has 0 radical (unpaired) electrons. The molecule has 1 atom stereocenters. The van der Waals surface area contributed by atoms with Gasteiger partial charge in [-0.15, -0.1) is 0 Å². The van der Waals surface area contributed by atoms with E-state index in [1.807, 2.05) is 59.5 Å². The van der Waals surface area contributed by atoms with Crippen LogP contribution in [0, 0.1) is 5.92 Å². The van der Waals surface area contributed by atoms with Gasteiger partial charge in [0.1, 0.15) is 6.17 Å². The van der Waals surface area contributed by atoms with E-state index in [1.165, 1.54) is 0 Å². The highest BCUT2D eigenvalue weighted by molar-refractivity contribution is 5.99. The monoisotopic (exact) mass is 471 g/mol. The fourth-order valence-electron chi connectivity index (χ4n) is 4.36. The predicted molar refractivity (Wildman–Crippen MR) is 133 cm³/mol. The molecule has 0 saturated carbocycles. The molecule has 2 aliphatic rings. The summed E-state index contributed by atoms with van der Waals surface area (Å²) in [5.74, 6) is 1.81. The Balaban J connectivity index is 1.24. The Hall–Kier alpha value is -4.00. The van der Waals surface area contributed by atoms with Gasteiger partial charge in [-0.1, -0.05) is 38.1 Å². The van der Waals surface area contributed by atoms with Crippen molar-refractivity contribution in [3.8, 4) is 11.5 Å². The van der Waals surface area contributed by atoms with Gasteiger partial charge in [-0.3, -0.25) is 9.59 Å². The van der Waals surface area contributed by atoms with Crippen LogP contribution in [-0.2, 0) is 6.54 Å². The molecule has 3 aromatic rings. The predicted octanol–water partition coefficient (Wildman–Crippen LogP) is 4.96. The lowest BCUT2D eigenvalue weighted by Crippen LogP contribution is -2.33. The van der Waals surface area contributed by atoms with E-state index in [9.17, 15) is 9.59 Å². The molecule has 0 bridgehead atoms. The highest BCUT2D eigenvalue weighted by atomic mass is 16.7. The minimum atomic E-state index is -0.233. The molecule has 3 aromatic carbocycles. The van der Waals surface area contributed by atoms with Crippen molar-refractivity contribution in [3.63, 3.8) is 0 Å². The first kappa shape index (κ1) is 22.8. The molecular weight excluding hydrogens is 442 g/mol. The molecule has 2 heterocycles. The Bertz CT molecular complexity index is 1240. The Labute approximate surface area is 205 Å². The highest BCUT2D eigenvalue weighted by Gasteiger charge is 2.36. The zero-order valence-corrected chi connectivity index (χ0v) is 19.9. The number of anilines is 1. The van der Waals surface area contributed by atoms with Gasteiger partial charge in [-0.2, -0.15) is 0 Å². The molecular formula is C28H29N3O4. The molecule has 0 aromatic heterocycles. The number of carbonyl (C=O) groups is 2. The van der Waals surface area contributed by atoms with Crippen molar-refractivity contribution < 1.29 is 19.1 Å². The van der Waals surface area contributed by atoms with Gasteiger partial charge >= 0.3 is 0 Å². The number of carbonyl (C=O) groups excluding carboxylic acids is 2. The summed E-state index contributed by atoms with van der Waals surface area (Å²) >= 11 is 0. The Morgan fingerprint density at radius 3 is 2.60 bits per heavy atom. The minimum Gasteiger partial charge on any atom is -0.454 e. The lowest BCUT2D eigenvalue weighted by Gasteiger charge is -2.28. The molecule has 2 N–H and O–H groups in total. The molecule has 5 rings (SSSR count). The number of rotatable bonds is 8. The molecule has 0 spiro atoms. The van der Waals surface area contributed by atoms with Crippen molar-refractivity contribution >= 4 is 17.5 Å². The van der Waals surface area contributed by atoms with Crippen molar-refractivity contribution in [2.75, 3.05) is 18.7 Å². The molecule has 0 unspecified atom stereocenters. The number of fused-ring (bicyclic) bond motifs is 2. The fraction of sp³-hybridized carbons (Fsp3) is 0.286. The number of hydrogen-bond acceptors (Lipinski definition) is 5. The van der Waals surface area contributed by atoms with E-state index in [4.69, 9.17) is 9.47 Å². The maximum Gasteiger partial charge on any atom is 0.256 e. The first-order chi connectivity index (χ1) is 17.0. The van der Waals surface area contributed by atoms with Crippen LogP contribution < -0.4 is 20.1 Å². The smallest absolute Gasteiger partial charge is 0.256 e. The summed E-state index contributed by atoms with van der Waals surface area (Å²) in [7, 11) is 0. The van der Waals surface area contributed by atoms with Crippen LogP contribution in [0.1, 0.15) is 58.3 Å². The summed E-state index contributed by atoms with van der Waals surface area (Å²) in [4.78, 5) is 27.6. The Morgan fingerprint density at radius 2 is 1.80 bits per heavy atom. The maximum absolute atomic E-state index is 13.0. The van der Waals surface area contributed by atoms with Crippen molar-refractivity contribution in [2.24, 2.45) is 5.92 Å². The molecule has 180 valence electrons. The second-order valence-electron chi connectivity index (χ2n) is 9.26. The maximum atomic E-state index is 13.0. The van der Waals surface area contributed by atoms with Gasteiger partial charge in [0.05, 0.1) is 0 Å². The van der Waals surface area contributed by atoms with E-state index < -0.39 is 0 Å². The topological polar surface area (TPSA) is 79.9 Å². The van der Waals surface area contributed by atoms with Gasteiger partial charge in [-0.05, 0) is 60.4 Å². The molecule has 0 aliphatic carbocycles. The van der Waals surface area contributed by atoms with E-state index in [1.54, 1.807) is 12.1 Å². The van der Waals surface area contributed by atoms with Crippen LogP contribution >= 0.6 is 0 Å². The van der Waals surface area contributed by atoms with Gasteiger partial charge in [0.2, 0.25) is 6.79 Å². The Morgan fingerprint density at radius 1 is 1.03 bits per heavy atom. The SMILES string of the molecule is CC(C)CCN1C(=O)c2ccccc2[C@@H]1Nc1ccc(C(=O)NCc2ccc3c(c2)OCO3)cc1. The van der Waals surface area contributed by atoms with Gasteiger partial charge in [0.15, 0.2) is 11.5 Å². The molecule has 2 aliphatic heterocycles. The van der Waals surface area contributed by atoms with Crippen molar-refractivity contribution in [1.29, 1.82) is 0 Å². The van der Waals surface area contributed by atoms with E-state index in [0.717, 1.165) is 34.5 Å². The van der Waals surface area contributed by atoms with Crippen LogP contribution in [0.15, 0.2) is 66.7 Å². The van der Waals surface area contributed by atoms with Crippen molar-refractivity contribution in [1.82, 2.24) is 10.2 Å². The summed E-state index contributed by atoms with van der Waals surface area (Å²) in [5.41, 5.74) is 4.07. The first-order valence-electron chi connectivity index (χ1n) is 11.9. The average Bonchev–Trinajstić information content (AvgIpc) is 3.44. The van der Waals surface area contributed by atoms with E-state index in [-0.39, 0.29) is 24.8 Å². The number of amides is 2. The van der Waals surface area contributed by atoms with Gasteiger partial charge < -0.3 is 25.0 Å². The number of benzene rings is 3. The second kappa shape index (κ2) is 9.70. The molecule has 7 nitrogen and oxygen atoms in total. The van der Waals surface area contributed by atoms with Crippen LogP contribution in [0.5, 0.6) is 11.5 Å². The standard InChI is InChI=1S/C28H29N3O4/c1-18(2)13-14-31-26(22-5-3-4-6-23(22)28(31)33)30-21-10-8-20(9-11-21)27(32)29-16-19-7-12-24-25(15-19)35-17-34-24/h3-12,15,18,26,30H,13-14,16-17H2,1-2H3,(H,29,32)/t26-/m1/s1. The van der Waals surface area contributed by atoms with Gasteiger partial charge in [0.25, 0.3) is 11.8 Å². The largest absolute Gasteiger partial charge is 0.454 e. The molecule has 35 heavy (non-hydrogen) atoms. The first-order valence-corrected chi connectivity index (χ1v) is 11.9. The molecule has 0 saturated heterocycles. The van der Waals surface area contributed by atoms with Crippen LogP contribution in [-0.4, -0.2) is 30.1 Å². The normalized spacial score (nSPS) is 15.9. The van der Waals surface area contributed by atoms with Crippen LogP contribution in [0.2, 0.25) is 0 Å². The van der Waals surface area contributed by atoms with Crippen LogP contribution in [0.4, 0.5) is 5.69 Å². The summed E-state index contributed by atoms with van der Waals surface area (Å²) in [6, 6.07) is 20.7. The quantitative estimate of drug-likeness (QED) is 0.486. The minimum absolute atomic E-state index is 0.0539. The van der Waals surface area contributed by atoms with E-state index in [0.29, 0.717) is 30.3 Å². The zero-order valence-electron chi connectivity index (χ0n) is 19.9. The highest BCUT2D eigenvalue weighted by Crippen LogP contribution is 2.35. The van der Waals surface area contributed by atoms with Crippen molar-refractivity contribution in [2.45, 2.75) is 33.0 Å². The molecule has 2 amide bonds.